The highest BCUT2D eigenvalue weighted by Crippen LogP contribution is 2.17. The van der Waals surface area contributed by atoms with E-state index in [0.717, 1.165) is 79.2 Å². The summed E-state index contributed by atoms with van der Waals surface area (Å²) in [6, 6.07) is 18.3. The molecule has 1 N–H and O–H groups in total. The maximum Gasteiger partial charge on any atom is 0.252 e. The molecule has 0 bridgehead atoms. The zero-order valence-corrected chi connectivity index (χ0v) is 20.8. The van der Waals surface area contributed by atoms with Gasteiger partial charge in [-0.1, -0.05) is 48.5 Å². The summed E-state index contributed by atoms with van der Waals surface area (Å²) in [5, 5.41) is 13.5. The summed E-state index contributed by atoms with van der Waals surface area (Å²) in [5.41, 5.74) is 3.82. The Morgan fingerprint density at radius 2 is 1.89 bits per heavy atom. The van der Waals surface area contributed by atoms with Gasteiger partial charge < -0.3 is 9.72 Å². The van der Waals surface area contributed by atoms with E-state index in [2.05, 4.69) is 42.4 Å². The van der Waals surface area contributed by atoms with E-state index in [1.54, 1.807) is 0 Å². The van der Waals surface area contributed by atoms with E-state index in [1.807, 2.05) is 54.1 Å². The third-order valence-electron chi connectivity index (χ3n) is 6.76. The van der Waals surface area contributed by atoms with E-state index < -0.39 is 0 Å². The number of fused-ring (bicyclic) bond motifs is 1. The molecule has 1 aliphatic rings. The molecule has 1 fully saturated rings. The maximum absolute atomic E-state index is 13.0. The first-order chi connectivity index (χ1) is 17.7. The number of aromatic amines is 1. The molecule has 0 unspecified atom stereocenters. The van der Waals surface area contributed by atoms with Crippen LogP contribution in [0, 0.1) is 6.92 Å². The van der Waals surface area contributed by atoms with Gasteiger partial charge in [0.15, 0.2) is 5.82 Å². The van der Waals surface area contributed by atoms with E-state index in [4.69, 9.17) is 4.74 Å². The quantitative estimate of drug-likeness (QED) is 0.368. The SMILES string of the molecule is Cc1cccc2cc(CN(CCCN3CCOCC3)Cc3nnnn3Cc3ccccc3)c(=O)[nH]c12. The number of tetrazole rings is 1. The summed E-state index contributed by atoms with van der Waals surface area (Å²) >= 11 is 0. The van der Waals surface area contributed by atoms with Crippen molar-refractivity contribution in [2.45, 2.75) is 33.0 Å². The van der Waals surface area contributed by atoms with Crippen LogP contribution in [0.25, 0.3) is 10.9 Å². The predicted molar refractivity (Wildman–Crippen MR) is 139 cm³/mol. The third-order valence-corrected chi connectivity index (χ3v) is 6.76. The van der Waals surface area contributed by atoms with Crippen LogP contribution in [-0.2, 0) is 24.4 Å². The minimum absolute atomic E-state index is 0.0427. The smallest absolute Gasteiger partial charge is 0.252 e. The number of rotatable bonds is 10. The van der Waals surface area contributed by atoms with Gasteiger partial charge in [-0.25, -0.2) is 4.68 Å². The fourth-order valence-electron chi connectivity index (χ4n) is 4.76. The number of hydrogen-bond acceptors (Lipinski definition) is 7. The van der Waals surface area contributed by atoms with Crippen molar-refractivity contribution < 1.29 is 4.74 Å². The highest BCUT2D eigenvalue weighted by Gasteiger charge is 2.17. The fourth-order valence-corrected chi connectivity index (χ4v) is 4.76. The molecule has 5 rings (SSSR count). The molecule has 2 aromatic carbocycles. The normalized spacial score (nSPS) is 14.6. The zero-order chi connectivity index (χ0) is 24.7. The highest BCUT2D eigenvalue weighted by molar-refractivity contribution is 5.81. The summed E-state index contributed by atoms with van der Waals surface area (Å²) in [5.74, 6) is 0.790. The first-order valence-corrected chi connectivity index (χ1v) is 12.6. The number of para-hydroxylation sites is 1. The van der Waals surface area contributed by atoms with Crippen LogP contribution in [0.2, 0.25) is 0 Å². The number of morpholine rings is 1. The lowest BCUT2D eigenvalue weighted by atomic mass is 10.1. The molecule has 36 heavy (non-hydrogen) atoms. The molecule has 9 nitrogen and oxygen atoms in total. The summed E-state index contributed by atoms with van der Waals surface area (Å²) < 4.78 is 7.33. The van der Waals surface area contributed by atoms with Crippen molar-refractivity contribution >= 4 is 10.9 Å². The van der Waals surface area contributed by atoms with Crippen LogP contribution >= 0.6 is 0 Å². The maximum atomic E-state index is 13.0. The summed E-state index contributed by atoms with van der Waals surface area (Å²) in [6.07, 6.45) is 0.991. The summed E-state index contributed by atoms with van der Waals surface area (Å²) in [6.45, 7) is 9.09. The van der Waals surface area contributed by atoms with Crippen LogP contribution in [0.1, 0.15) is 28.9 Å². The number of hydrogen-bond donors (Lipinski definition) is 1. The molecular formula is C27H33N7O2. The van der Waals surface area contributed by atoms with Crippen LogP contribution < -0.4 is 5.56 Å². The van der Waals surface area contributed by atoms with Crippen molar-refractivity contribution in [3.63, 3.8) is 0 Å². The van der Waals surface area contributed by atoms with Gasteiger partial charge in [0.25, 0.3) is 5.56 Å². The van der Waals surface area contributed by atoms with Crippen molar-refractivity contribution in [1.82, 2.24) is 35.0 Å². The van der Waals surface area contributed by atoms with Crippen LogP contribution in [0.3, 0.4) is 0 Å². The van der Waals surface area contributed by atoms with Gasteiger partial charge in [-0.05, 0) is 52.9 Å². The average Bonchev–Trinajstić information content (AvgIpc) is 3.32. The molecule has 3 heterocycles. The van der Waals surface area contributed by atoms with Crippen LogP contribution in [0.4, 0.5) is 0 Å². The molecule has 0 spiro atoms. The number of ether oxygens (including phenoxy) is 1. The third kappa shape index (κ3) is 6.04. The van der Waals surface area contributed by atoms with Gasteiger partial charge in [-0.15, -0.1) is 5.10 Å². The van der Waals surface area contributed by atoms with Gasteiger partial charge in [-0.2, -0.15) is 0 Å². The summed E-state index contributed by atoms with van der Waals surface area (Å²) in [7, 11) is 0. The number of H-pyrrole nitrogens is 1. The summed E-state index contributed by atoms with van der Waals surface area (Å²) in [4.78, 5) is 20.8. The Labute approximate surface area is 210 Å². The topological polar surface area (TPSA) is 92.2 Å². The minimum atomic E-state index is -0.0427. The highest BCUT2D eigenvalue weighted by atomic mass is 16.5. The van der Waals surface area contributed by atoms with Gasteiger partial charge in [0.1, 0.15) is 0 Å². The van der Waals surface area contributed by atoms with E-state index in [1.165, 1.54) is 0 Å². The van der Waals surface area contributed by atoms with Crippen molar-refractivity contribution in [3.8, 4) is 0 Å². The van der Waals surface area contributed by atoms with Crippen molar-refractivity contribution in [1.29, 1.82) is 0 Å². The fraction of sp³-hybridized carbons (Fsp3) is 0.407. The second-order valence-electron chi connectivity index (χ2n) is 9.42. The monoisotopic (exact) mass is 487 g/mol. The van der Waals surface area contributed by atoms with E-state index in [-0.39, 0.29) is 5.56 Å². The molecule has 0 saturated carbocycles. The van der Waals surface area contributed by atoms with Gasteiger partial charge in [0.05, 0.1) is 31.8 Å². The molecule has 0 atom stereocenters. The lowest BCUT2D eigenvalue weighted by Gasteiger charge is -2.28. The first-order valence-electron chi connectivity index (χ1n) is 12.6. The second-order valence-corrected chi connectivity index (χ2v) is 9.42. The molecule has 2 aromatic heterocycles. The average molecular weight is 488 g/mol. The Balaban J connectivity index is 1.34. The van der Waals surface area contributed by atoms with Crippen molar-refractivity contribution in [3.05, 3.63) is 87.5 Å². The Hall–Kier alpha value is -3.40. The predicted octanol–water partition coefficient (Wildman–Crippen LogP) is 2.60. The number of pyridine rings is 1. The van der Waals surface area contributed by atoms with Crippen LogP contribution in [0.15, 0.2) is 59.4 Å². The van der Waals surface area contributed by atoms with Gasteiger partial charge in [0, 0.05) is 31.7 Å². The molecule has 0 amide bonds. The van der Waals surface area contributed by atoms with Crippen LogP contribution in [0.5, 0.6) is 0 Å². The standard InChI is InChI=1S/C27H33N7O2/c1-21-7-5-10-23-17-24(27(35)28-26(21)23)19-33(12-6-11-32-13-15-36-16-14-32)20-25-29-30-31-34(25)18-22-8-3-2-4-9-22/h2-5,7-10,17H,6,11-16,18-20H2,1H3,(H,28,35). The Bertz CT molecular complexity index is 1330. The van der Waals surface area contributed by atoms with E-state index >= 15 is 0 Å². The van der Waals surface area contributed by atoms with E-state index in [9.17, 15) is 4.79 Å². The Morgan fingerprint density at radius 3 is 2.72 bits per heavy atom. The van der Waals surface area contributed by atoms with Gasteiger partial charge in [0.2, 0.25) is 0 Å². The van der Waals surface area contributed by atoms with Gasteiger partial charge >= 0.3 is 0 Å². The zero-order valence-electron chi connectivity index (χ0n) is 20.8. The Kier molecular flexibility index (Phi) is 7.80. The molecule has 4 aromatic rings. The lowest BCUT2D eigenvalue weighted by Crippen LogP contribution is -2.38. The molecule has 1 saturated heterocycles. The molecule has 9 heteroatoms. The molecule has 1 aliphatic heterocycles. The van der Waals surface area contributed by atoms with Crippen LogP contribution in [-0.4, -0.2) is 74.4 Å². The van der Waals surface area contributed by atoms with Gasteiger partial charge in [-0.3, -0.25) is 14.6 Å². The number of nitrogens with one attached hydrogen (secondary N) is 1. The largest absolute Gasteiger partial charge is 0.379 e. The lowest BCUT2D eigenvalue weighted by molar-refractivity contribution is 0.0358. The molecule has 188 valence electrons. The number of aryl methyl sites for hydroxylation is 1. The van der Waals surface area contributed by atoms with Crippen molar-refractivity contribution in [2.24, 2.45) is 0 Å². The molecule has 0 radical (unpaired) electrons. The van der Waals surface area contributed by atoms with Crippen molar-refractivity contribution in [2.75, 3.05) is 39.4 Å². The van der Waals surface area contributed by atoms with E-state index in [0.29, 0.717) is 19.6 Å². The first kappa shape index (κ1) is 24.3. The molecular weight excluding hydrogens is 454 g/mol. The Morgan fingerprint density at radius 1 is 1.06 bits per heavy atom. The number of aromatic nitrogens is 5. The number of benzene rings is 2. The molecule has 0 aliphatic carbocycles. The minimum Gasteiger partial charge on any atom is -0.379 e. The number of nitrogens with zero attached hydrogens (tertiary/aromatic N) is 6. The second kappa shape index (κ2) is 11.6.